The minimum Gasteiger partial charge on any atom is -0.458 e. The third-order valence-corrected chi connectivity index (χ3v) is 7.21. The molecule has 0 bridgehead atoms. The highest BCUT2D eigenvalue weighted by atomic mass is 19.2. The summed E-state index contributed by atoms with van der Waals surface area (Å²) in [6.45, 7) is 1.32. The molecule has 2 atom stereocenters. The molecule has 0 aliphatic carbocycles. The van der Waals surface area contributed by atoms with Crippen molar-refractivity contribution >= 4 is 42.4 Å². The molecule has 0 radical (unpaired) electrons. The zero-order chi connectivity index (χ0) is 28.3. The Morgan fingerprint density at radius 3 is 2.49 bits per heavy atom. The molecule has 1 fully saturated rings. The number of carbonyl (C=O) groups is 4. The first kappa shape index (κ1) is 28.2. The maximum absolute atomic E-state index is 15.4. The van der Waals surface area contributed by atoms with E-state index >= 15 is 8.63 Å². The van der Waals surface area contributed by atoms with Crippen molar-refractivity contribution in [3.8, 4) is 0 Å². The summed E-state index contributed by atoms with van der Waals surface area (Å²) < 4.78 is 37.8. The van der Waals surface area contributed by atoms with Gasteiger partial charge in [-0.1, -0.05) is 6.42 Å². The van der Waals surface area contributed by atoms with Crippen LogP contribution in [0.2, 0.25) is 0 Å². The summed E-state index contributed by atoms with van der Waals surface area (Å²) in [7, 11) is 0. The van der Waals surface area contributed by atoms with Crippen LogP contribution in [-0.2, 0) is 30.3 Å². The summed E-state index contributed by atoms with van der Waals surface area (Å²) in [6, 6.07) is 2.66. The number of amides is 3. The van der Waals surface area contributed by atoms with Gasteiger partial charge in [0.1, 0.15) is 11.8 Å². The van der Waals surface area contributed by atoms with Gasteiger partial charge in [-0.2, -0.15) is 0 Å². The number of allylic oxidation sites excluding steroid dienone is 2. The maximum Gasteiger partial charge on any atom is 0.737 e. The minimum atomic E-state index is -4.04. The highest BCUT2D eigenvalue weighted by molar-refractivity contribution is 6.58. The van der Waals surface area contributed by atoms with Gasteiger partial charge in [0.05, 0.1) is 6.54 Å². The number of rotatable bonds is 12. The molecular weight excluding hydrogens is 511 g/mol. The molecule has 4 heterocycles. The fraction of sp³-hybridized carbons (Fsp3) is 0.500. The quantitative estimate of drug-likeness (QED) is 0.210. The number of aromatic nitrogens is 1. The van der Waals surface area contributed by atoms with Gasteiger partial charge in [0.2, 0.25) is 17.7 Å². The van der Waals surface area contributed by atoms with Crippen LogP contribution in [0.1, 0.15) is 64.3 Å². The van der Waals surface area contributed by atoms with Crippen LogP contribution in [0.5, 0.6) is 0 Å². The number of halogens is 2. The molecule has 3 amide bonds. The lowest BCUT2D eigenvalue weighted by molar-refractivity contribution is -0.362. The third kappa shape index (κ3) is 6.12. The van der Waals surface area contributed by atoms with Crippen LogP contribution in [0.3, 0.4) is 0 Å². The molecule has 3 aliphatic rings. The van der Waals surface area contributed by atoms with Crippen molar-refractivity contribution in [2.24, 2.45) is 0 Å². The molecule has 0 unspecified atom stereocenters. The molecule has 1 aromatic rings. The first-order chi connectivity index (χ1) is 18.5. The van der Waals surface area contributed by atoms with Crippen molar-refractivity contribution in [2.45, 2.75) is 71.4 Å². The molecule has 3 N–H and O–H groups in total. The summed E-state index contributed by atoms with van der Waals surface area (Å²) >= 11 is 0. The van der Waals surface area contributed by atoms with Crippen molar-refractivity contribution in [3.05, 3.63) is 40.9 Å². The normalized spacial score (nSPS) is 20.7. The number of esters is 1. The molecule has 1 saturated heterocycles. The standard InChI is InChI=1S/C26H34BF2N5O5/c1-16-13-17(2)33-21(16)14-20-9-8-19(34(20)27(33,28)29)10-11-23(36)30-12-6-4-5-7-22(35)31-15-24(37)32-25-18(3)39-26(25)38/h8-9,13-14,18,25H,4-7,10-12,15H2,1-3H3,(H,30,36)(H,31,35)(H,32,37)/t18-,25+/m1/s1. The largest absolute Gasteiger partial charge is 0.737 e. The predicted molar refractivity (Wildman–Crippen MR) is 141 cm³/mol. The van der Waals surface area contributed by atoms with E-state index in [0.29, 0.717) is 48.6 Å². The molecule has 10 nitrogen and oxygen atoms in total. The van der Waals surface area contributed by atoms with E-state index in [9.17, 15) is 19.2 Å². The zero-order valence-corrected chi connectivity index (χ0v) is 22.4. The Labute approximate surface area is 225 Å². The van der Waals surface area contributed by atoms with E-state index in [2.05, 4.69) is 16.0 Å². The van der Waals surface area contributed by atoms with E-state index in [1.54, 1.807) is 38.1 Å². The van der Waals surface area contributed by atoms with Gasteiger partial charge in [-0.05, 0) is 50.9 Å². The Morgan fingerprint density at radius 1 is 1.03 bits per heavy atom. The van der Waals surface area contributed by atoms with Crippen molar-refractivity contribution in [1.82, 2.24) is 20.4 Å². The van der Waals surface area contributed by atoms with Gasteiger partial charge in [0.25, 0.3) is 0 Å². The Morgan fingerprint density at radius 2 is 1.77 bits per heavy atom. The number of unbranched alkanes of at least 4 members (excludes halogenated alkanes) is 2. The Hall–Kier alpha value is -3.77. The molecule has 13 heteroatoms. The SMILES string of the molecule is CC1=CC(C)=[N+]2C1=Cc1ccc(CCC(=O)NCCCCCC(=O)NCC(=O)N[C@@H]3C(=O)O[C@@H]3C)n1[B-]2(F)F. The topological polar surface area (TPSA) is 122 Å². The number of nitrogens with one attached hydrogen (secondary N) is 3. The monoisotopic (exact) mass is 545 g/mol. The van der Waals surface area contributed by atoms with Gasteiger partial charge in [-0.3, -0.25) is 14.4 Å². The lowest BCUT2D eigenvalue weighted by Crippen LogP contribution is -2.59. The van der Waals surface area contributed by atoms with Crippen LogP contribution in [0, 0.1) is 0 Å². The second kappa shape index (κ2) is 11.5. The van der Waals surface area contributed by atoms with Gasteiger partial charge < -0.3 is 38.3 Å². The highest BCUT2D eigenvalue weighted by Crippen LogP contribution is 2.35. The van der Waals surface area contributed by atoms with Crippen LogP contribution in [0.4, 0.5) is 8.63 Å². The summed E-state index contributed by atoms with van der Waals surface area (Å²) in [5, 5.41) is 7.82. The fourth-order valence-corrected chi connectivity index (χ4v) is 5.15. The summed E-state index contributed by atoms with van der Waals surface area (Å²) in [6.07, 6.45) is 5.60. The average Bonchev–Trinajstić information content (AvgIpc) is 3.43. The molecule has 0 aromatic carbocycles. The second-order valence-electron chi connectivity index (χ2n) is 10.2. The van der Waals surface area contributed by atoms with Crippen LogP contribution < -0.4 is 16.0 Å². The summed E-state index contributed by atoms with van der Waals surface area (Å²) in [5.74, 6) is -1.44. The first-order valence-electron chi connectivity index (χ1n) is 13.3. The van der Waals surface area contributed by atoms with E-state index in [-0.39, 0.29) is 43.7 Å². The smallest absolute Gasteiger partial charge is 0.458 e. The molecule has 0 spiro atoms. The second-order valence-corrected chi connectivity index (χ2v) is 10.2. The lowest BCUT2D eigenvalue weighted by atomic mass is 9.89. The summed E-state index contributed by atoms with van der Waals surface area (Å²) in [5.41, 5.74) is 2.67. The van der Waals surface area contributed by atoms with Gasteiger partial charge >= 0.3 is 12.9 Å². The third-order valence-electron chi connectivity index (χ3n) is 7.21. The number of hydrogen-bond donors (Lipinski definition) is 3. The Bertz CT molecular complexity index is 1290. The van der Waals surface area contributed by atoms with Gasteiger partial charge in [-0.25, -0.2) is 4.79 Å². The molecular formula is C26H34BF2N5O5. The van der Waals surface area contributed by atoms with Gasteiger partial charge in [0, 0.05) is 49.7 Å². The number of cyclic esters (lactones) is 1. The Balaban J connectivity index is 1.11. The minimum absolute atomic E-state index is 0.0913. The van der Waals surface area contributed by atoms with Crippen molar-refractivity contribution in [1.29, 1.82) is 0 Å². The van der Waals surface area contributed by atoms with E-state index in [1.165, 1.54) is 0 Å². The average molecular weight is 545 g/mol. The van der Waals surface area contributed by atoms with Crippen LogP contribution in [-0.4, -0.2) is 70.6 Å². The van der Waals surface area contributed by atoms with Crippen molar-refractivity contribution < 1.29 is 37.0 Å². The molecule has 1 aromatic heterocycles. The molecule has 4 rings (SSSR count). The van der Waals surface area contributed by atoms with Crippen molar-refractivity contribution in [3.63, 3.8) is 0 Å². The highest BCUT2D eigenvalue weighted by Gasteiger charge is 2.52. The van der Waals surface area contributed by atoms with E-state index in [0.717, 1.165) is 14.5 Å². The van der Waals surface area contributed by atoms with Gasteiger partial charge in [0.15, 0.2) is 11.7 Å². The number of nitrogens with zero attached hydrogens (tertiary/aromatic N) is 2. The predicted octanol–water partition coefficient (Wildman–Crippen LogP) is 1.65. The summed E-state index contributed by atoms with van der Waals surface area (Å²) in [4.78, 5) is 47.2. The first-order valence-corrected chi connectivity index (χ1v) is 13.3. The maximum atomic E-state index is 15.4. The van der Waals surface area contributed by atoms with E-state index < -0.39 is 24.9 Å². The zero-order valence-electron chi connectivity index (χ0n) is 22.4. The number of hydrogen-bond acceptors (Lipinski definition) is 5. The van der Waals surface area contributed by atoms with Crippen LogP contribution >= 0.6 is 0 Å². The van der Waals surface area contributed by atoms with Crippen molar-refractivity contribution in [2.75, 3.05) is 13.1 Å². The number of fused-ring (bicyclic) bond motifs is 2. The Kier molecular flexibility index (Phi) is 8.36. The molecule has 39 heavy (non-hydrogen) atoms. The fourth-order valence-electron chi connectivity index (χ4n) is 5.15. The van der Waals surface area contributed by atoms with E-state index in [1.807, 2.05) is 6.92 Å². The van der Waals surface area contributed by atoms with E-state index in [4.69, 9.17) is 4.74 Å². The van der Waals surface area contributed by atoms with Gasteiger partial charge in [-0.15, -0.1) is 0 Å². The van der Waals surface area contributed by atoms with Crippen LogP contribution in [0.25, 0.3) is 6.08 Å². The number of ether oxygens (including phenoxy) is 1. The number of carbonyl (C=O) groups excluding carboxylic acids is 4. The lowest BCUT2D eigenvalue weighted by Gasteiger charge is -2.32. The molecule has 0 saturated carbocycles. The molecule has 210 valence electrons. The molecule has 3 aliphatic heterocycles. The van der Waals surface area contributed by atoms with Crippen LogP contribution in [0.15, 0.2) is 29.5 Å². The number of aryl methyl sites for hydroxylation is 1.